The minimum Gasteiger partial charge on any atom is -0.480 e. The molecule has 2 N–H and O–H groups in total. The molecular weight excluding hydrogens is 250 g/mol. The Morgan fingerprint density at radius 3 is 2.89 bits per heavy atom. The molecule has 18 heavy (non-hydrogen) atoms. The van der Waals surface area contributed by atoms with E-state index in [4.69, 9.17) is 9.84 Å². The highest BCUT2D eigenvalue weighted by Gasteiger charge is 2.29. The van der Waals surface area contributed by atoms with Crippen LogP contribution >= 0.6 is 11.8 Å². The molecule has 0 aromatic heterocycles. The summed E-state index contributed by atoms with van der Waals surface area (Å²) in [6.07, 6.45) is 5.55. The maximum absolute atomic E-state index is 11.1. The van der Waals surface area contributed by atoms with Crippen molar-refractivity contribution in [2.24, 2.45) is 0 Å². The maximum atomic E-state index is 11.1. The van der Waals surface area contributed by atoms with Crippen molar-refractivity contribution in [2.75, 3.05) is 25.2 Å². The second-order valence-corrected chi connectivity index (χ2v) is 6.20. The molecule has 2 unspecified atom stereocenters. The number of carboxylic acid groups (broad SMARTS) is 1. The fourth-order valence-electron chi connectivity index (χ4n) is 2.01. The summed E-state index contributed by atoms with van der Waals surface area (Å²) < 4.78 is 5.55. The fourth-order valence-corrected chi connectivity index (χ4v) is 3.11. The number of nitrogens with one attached hydrogen (secondary N) is 1. The van der Waals surface area contributed by atoms with E-state index in [1.807, 2.05) is 11.8 Å². The molecule has 106 valence electrons. The molecule has 5 heteroatoms. The Hall–Kier alpha value is -0.260. The van der Waals surface area contributed by atoms with Crippen LogP contribution in [0.5, 0.6) is 0 Å². The monoisotopic (exact) mass is 275 g/mol. The topological polar surface area (TPSA) is 58.6 Å². The summed E-state index contributed by atoms with van der Waals surface area (Å²) in [5.41, 5.74) is -0.779. The molecule has 0 bridgehead atoms. The lowest BCUT2D eigenvalue weighted by molar-refractivity contribution is -0.144. The van der Waals surface area contributed by atoms with Gasteiger partial charge in [0.25, 0.3) is 0 Å². The van der Waals surface area contributed by atoms with Crippen LogP contribution in [0.25, 0.3) is 0 Å². The van der Waals surface area contributed by atoms with Gasteiger partial charge in [0.15, 0.2) is 0 Å². The van der Waals surface area contributed by atoms with Gasteiger partial charge in [-0.05, 0) is 45.4 Å². The third-order valence-electron chi connectivity index (χ3n) is 3.57. The molecule has 0 aromatic carbocycles. The van der Waals surface area contributed by atoms with Gasteiger partial charge in [0.1, 0.15) is 5.54 Å². The largest absolute Gasteiger partial charge is 0.480 e. The summed E-state index contributed by atoms with van der Waals surface area (Å²) in [7, 11) is 1.71. The van der Waals surface area contributed by atoms with E-state index in [0.29, 0.717) is 12.5 Å². The summed E-state index contributed by atoms with van der Waals surface area (Å²) in [5.74, 6) is 1.42. The number of carbonyl (C=O) groups is 1. The standard InChI is InChI=1S/C13H25NO3S/c1-13(14-2,12(15)16)7-3-4-9-18-10-11-6-5-8-17-11/h11,14H,3-10H2,1-2H3,(H,15,16). The number of rotatable bonds is 9. The Balaban J connectivity index is 2.02. The third kappa shape index (κ3) is 5.16. The van der Waals surface area contributed by atoms with Crippen LogP contribution in [0.2, 0.25) is 0 Å². The highest BCUT2D eigenvalue weighted by Crippen LogP contribution is 2.19. The lowest BCUT2D eigenvalue weighted by Gasteiger charge is -2.23. The molecule has 0 amide bonds. The molecule has 1 fully saturated rings. The quantitative estimate of drug-likeness (QED) is 0.631. The number of thioether (sulfide) groups is 1. The highest BCUT2D eigenvalue weighted by molar-refractivity contribution is 7.99. The van der Waals surface area contributed by atoms with E-state index < -0.39 is 11.5 Å². The Morgan fingerprint density at radius 1 is 1.56 bits per heavy atom. The number of likely N-dealkylation sites (N-methyl/N-ethyl adjacent to an activating group) is 1. The van der Waals surface area contributed by atoms with Crippen LogP contribution in [-0.4, -0.2) is 47.9 Å². The SMILES string of the molecule is CNC(C)(CCCCSCC1CCCO1)C(=O)O. The van der Waals surface area contributed by atoms with Crippen LogP contribution < -0.4 is 5.32 Å². The summed E-state index contributed by atoms with van der Waals surface area (Å²) >= 11 is 1.92. The summed E-state index contributed by atoms with van der Waals surface area (Å²) in [6, 6.07) is 0. The van der Waals surface area contributed by atoms with Crippen molar-refractivity contribution in [3.8, 4) is 0 Å². The minimum atomic E-state index is -0.779. The van der Waals surface area contributed by atoms with Crippen molar-refractivity contribution in [1.29, 1.82) is 0 Å². The van der Waals surface area contributed by atoms with Crippen molar-refractivity contribution >= 4 is 17.7 Å². The summed E-state index contributed by atoms with van der Waals surface area (Å²) in [5, 5.41) is 12.0. The second-order valence-electron chi connectivity index (χ2n) is 5.05. The summed E-state index contributed by atoms with van der Waals surface area (Å²) in [4.78, 5) is 11.1. The first-order valence-electron chi connectivity index (χ1n) is 6.70. The van der Waals surface area contributed by atoms with Gasteiger partial charge in [-0.15, -0.1) is 0 Å². The Kier molecular flexibility index (Phi) is 7.04. The number of hydrogen-bond donors (Lipinski definition) is 2. The van der Waals surface area contributed by atoms with Crippen LogP contribution in [0.3, 0.4) is 0 Å². The van der Waals surface area contributed by atoms with Crippen molar-refractivity contribution in [1.82, 2.24) is 5.32 Å². The molecule has 0 saturated carbocycles. The number of ether oxygens (including phenoxy) is 1. The van der Waals surface area contributed by atoms with Crippen LogP contribution in [0.15, 0.2) is 0 Å². The minimum absolute atomic E-state index is 0.455. The van der Waals surface area contributed by atoms with Gasteiger partial charge in [-0.25, -0.2) is 0 Å². The van der Waals surface area contributed by atoms with E-state index in [1.54, 1.807) is 14.0 Å². The molecule has 1 aliphatic rings. The molecular formula is C13H25NO3S. The lowest BCUT2D eigenvalue weighted by atomic mass is 9.95. The van der Waals surface area contributed by atoms with Crippen LogP contribution in [0.1, 0.15) is 39.0 Å². The van der Waals surface area contributed by atoms with Crippen molar-refractivity contribution < 1.29 is 14.6 Å². The van der Waals surface area contributed by atoms with Crippen LogP contribution in [0.4, 0.5) is 0 Å². The zero-order valence-electron chi connectivity index (χ0n) is 11.4. The van der Waals surface area contributed by atoms with Gasteiger partial charge >= 0.3 is 5.97 Å². The van der Waals surface area contributed by atoms with Crippen molar-refractivity contribution in [2.45, 2.75) is 50.7 Å². The number of carboxylic acids is 1. The first-order chi connectivity index (χ1) is 8.58. The van der Waals surface area contributed by atoms with Gasteiger partial charge in [-0.1, -0.05) is 6.42 Å². The van der Waals surface area contributed by atoms with Crippen LogP contribution in [0, 0.1) is 0 Å². The van der Waals surface area contributed by atoms with Crippen LogP contribution in [-0.2, 0) is 9.53 Å². The third-order valence-corrected chi connectivity index (χ3v) is 4.75. The maximum Gasteiger partial charge on any atom is 0.323 e. The second kappa shape index (κ2) is 8.02. The van der Waals surface area contributed by atoms with E-state index in [1.165, 1.54) is 12.8 Å². The molecule has 1 rings (SSSR count). The number of hydrogen-bond acceptors (Lipinski definition) is 4. The van der Waals surface area contributed by atoms with E-state index >= 15 is 0 Å². The Labute approximate surface area is 114 Å². The molecule has 0 aliphatic carbocycles. The molecule has 0 radical (unpaired) electrons. The Bertz CT molecular complexity index is 257. The van der Waals surface area contributed by atoms with Crippen molar-refractivity contribution in [3.63, 3.8) is 0 Å². The zero-order chi connectivity index (χ0) is 13.4. The molecule has 4 nitrogen and oxygen atoms in total. The molecule has 1 heterocycles. The average Bonchev–Trinajstić information content (AvgIpc) is 2.86. The zero-order valence-corrected chi connectivity index (χ0v) is 12.2. The first kappa shape index (κ1) is 15.8. The van der Waals surface area contributed by atoms with E-state index in [-0.39, 0.29) is 0 Å². The van der Waals surface area contributed by atoms with Gasteiger partial charge in [0.05, 0.1) is 6.10 Å². The molecule has 0 aromatic rings. The molecule has 1 aliphatic heterocycles. The van der Waals surface area contributed by atoms with Gasteiger partial charge in [0.2, 0.25) is 0 Å². The Morgan fingerprint density at radius 2 is 2.33 bits per heavy atom. The fraction of sp³-hybridized carbons (Fsp3) is 0.923. The molecule has 1 saturated heterocycles. The van der Waals surface area contributed by atoms with Crippen molar-refractivity contribution in [3.05, 3.63) is 0 Å². The molecule has 2 atom stereocenters. The van der Waals surface area contributed by atoms with Gasteiger partial charge in [-0.2, -0.15) is 11.8 Å². The van der Waals surface area contributed by atoms with E-state index in [9.17, 15) is 4.79 Å². The highest BCUT2D eigenvalue weighted by atomic mass is 32.2. The smallest absolute Gasteiger partial charge is 0.323 e. The van der Waals surface area contributed by atoms with E-state index in [0.717, 1.165) is 31.0 Å². The van der Waals surface area contributed by atoms with Gasteiger partial charge in [-0.3, -0.25) is 4.79 Å². The summed E-state index contributed by atoms with van der Waals surface area (Å²) in [6.45, 7) is 2.67. The lowest BCUT2D eigenvalue weighted by Crippen LogP contribution is -2.47. The average molecular weight is 275 g/mol. The number of unbranched alkanes of at least 4 members (excludes halogenated alkanes) is 1. The predicted molar refractivity (Wildman–Crippen MR) is 75.3 cm³/mol. The van der Waals surface area contributed by atoms with E-state index in [2.05, 4.69) is 5.32 Å². The van der Waals surface area contributed by atoms with Gasteiger partial charge in [0, 0.05) is 12.4 Å². The number of aliphatic carboxylic acids is 1. The predicted octanol–water partition coefficient (Wildman–Crippen LogP) is 2.13. The normalized spacial score (nSPS) is 22.9. The molecule has 0 spiro atoms. The first-order valence-corrected chi connectivity index (χ1v) is 7.85. The van der Waals surface area contributed by atoms with Gasteiger partial charge < -0.3 is 15.2 Å².